The van der Waals surface area contributed by atoms with Gasteiger partial charge in [-0.25, -0.2) is 4.79 Å². The Bertz CT molecular complexity index is 747. The zero-order chi connectivity index (χ0) is 16.8. The molecule has 24 heavy (non-hydrogen) atoms. The number of para-hydroxylation sites is 1. The summed E-state index contributed by atoms with van der Waals surface area (Å²) in [6.45, 7) is 0. The summed E-state index contributed by atoms with van der Waals surface area (Å²) in [7, 11) is 0. The molecule has 2 aromatic rings. The maximum Gasteiger partial charge on any atom is 0.335 e. The maximum absolute atomic E-state index is 10.9. The summed E-state index contributed by atoms with van der Waals surface area (Å²) in [5.41, 5.74) is 2.48. The van der Waals surface area contributed by atoms with Gasteiger partial charge in [-0.05, 0) is 49.1 Å². The zero-order valence-electron chi connectivity index (χ0n) is 13.5. The van der Waals surface area contributed by atoms with E-state index in [1.807, 2.05) is 30.3 Å². The van der Waals surface area contributed by atoms with Crippen LogP contribution in [0, 0.1) is 0 Å². The van der Waals surface area contributed by atoms with Crippen molar-refractivity contribution in [2.45, 2.75) is 24.8 Å². The fraction of sp³-hybridized carbons (Fsp3) is 0.190. The van der Waals surface area contributed by atoms with Crippen LogP contribution in [-0.2, 0) is 6.42 Å². The minimum absolute atomic E-state index is 0.110. The number of hydrogen-bond donors (Lipinski definition) is 2. The van der Waals surface area contributed by atoms with Crippen LogP contribution >= 0.6 is 0 Å². The van der Waals surface area contributed by atoms with E-state index in [1.54, 1.807) is 12.1 Å². The largest absolute Gasteiger partial charge is 0.478 e. The van der Waals surface area contributed by atoms with Crippen LogP contribution in [0.3, 0.4) is 0 Å². The molecule has 3 heteroatoms. The van der Waals surface area contributed by atoms with Gasteiger partial charge in [-0.3, -0.25) is 0 Å². The first-order valence-corrected chi connectivity index (χ1v) is 8.17. The predicted octanol–water partition coefficient (Wildman–Crippen LogP) is 4.68. The van der Waals surface area contributed by atoms with E-state index in [0.29, 0.717) is 5.56 Å². The molecule has 2 N–H and O–H groups in total. The second kappa shape index (κ2) is 7.18. The highest BCUT2D eigenvalue weighted by atomic mass is 16.4. The first-order chi connectivity index (χ1) is 11.7. The molecule has 0 bridgehead atoms. The lowest BCUT2D eigenvalue weighted by Gasteiger charge is -2.34. The van der Waals surface area contributed by atoms with E-state index in [0.717, 1.165) is 30.5 Å². The van der Waals surface area contributed by atoms with Crippen molar-refractivity contribution in [1.82, 2.24) is 0 Å². The molecular formula is C21H21NO2. The van der Waals surface area contributed by atoms with Crippen molar-refractivity contribution in [3.63, 3.8) is 0 Å². The number of benzene rings is 2. The van der Waals surface area contributed by atoms with Crippen molar-refractivity contribution in [1.29, 1.82) is 0 Å². The summed E-state index contributed by atoms with van der Waals surface area (Å²) in [5.74, 6) is -0.885. The van der Waals surface area contributed by atoms with Gasteiger partial charge >= 0.3 is 5.97 Å². The summed E-state index contributed by atoms with van der Waals surface area (Å²) >= 11 is 0. The van der Waals surface area contributed by atoms with Crippen LogP contribution in [0.1, 0.15) is 28.8 Å². The van der Waals surface area contributed by atoms with Crippen molar-refractivity contribution in [2.24, 2.45) is 0 Å². The topological polar surface area (TPSA) is 49.3 Å². The van der Waals surface area contributed by atoms with E-state index in [4.69, 9.17) is 5.11 Å². The van der Waals surface area contributed by atoms with Crippen LogP contribution < -0.4 is 5.32 Å². The number of aromatic carboxylic acids is 1. The van der Waals surface area contributed by atoms with Crippen molar-refractivity contribution >= 4 is 11.7 Å². The average Bonchev–Trinajstić information content (AvgIpc) is 2.62. The lowest BCUT2D eigenvalue weighted by molar-refractivity contribution is 0.0697. The second-order valence-corrected chi connectivity index (χ2v) is 6.14. The molecule has 1 aliphatic rings. The highest BCUT2D eigenvalue weighted by Gasteiger charge is 2.26. The molecule has 122 valence electrons. The van der Waals surface area contributed by atoms with Crippen LogP contribution in [0.25, 0.3) is 0 Å². The fourth-order valence-corrected chi connectivity index (χ4v) is 3.00. The van der Waals surface area contributed by atoms with E-state index in [1.165, 1.54) is 0 Å². The van der Waals surface area contributed by atoms with Crippen LogP contribution in [0.5, 0.6) is 0 Å². The standard InChI is InChI=1S/C21H21NO2/c23-20(24)18-11-9-17(10-12-18)13-16-21(14-5-2-6-15-21)22-19-7-3-1-4-8-19/h1-12,14,22H,13,15-16H2,(H,23,24). The first kappa shape index (κ1) is 16.1. The number of aryl methyl sites for hydroxylation is 1. The van der Waals surface area contributed by atoms with Gasteiger partial charge in [-0.15, -0.1) is 0 Å². The van der Waals surface area contributed by atoms with Gasteiger partial charge in [0.25, 0.3) is 0 Å². The minimum Gasteiger partial charge on any atom is -0.478 e. The number of allylic oxidation sites excluding steroid dienone is 2. The van der Waals surface area contributed by atoms with Gasteiger partial charge in [0.1, 0.15) is 0 Å². The fourth-order valence-electron chi connectivity index (χ4n) is 3.00. The molecule has 0 fully saturated rings. The van der Waals surface area contributed by atoms with Crippen molar-refractivity contribution in [3.05, 3.63) is 90.0 Å². The summed E-state index contributed by atoms with van der Waals surface area (Å²) < 4.78 is 0. The molecular weight excluding hydrogens is 298 g/mol. The molecule has 1 atom stereocenters. The third-order valence-corrected chi connectivity index (χ3v) is 4.37. The summed E-state index contributed by atoms with van der Waals surface area (Å²) in [5, 5.41) is 12.6. The SMILES string of the molecule is O=C(O)c1ccc(CCC2(Nc3ccccc3)C=CC=CC2)cc1. The van der Waals surface area contributed by atoms with E-state index in [-0.39, 0.29) is 5.54 Å². The van der Waals surface area contributed by atoms with Crippen LogP contribution in [0.4, 0.5) is 5.69 Å². The highest BCUT2D eigenvalue weighted by Crippen LogP contribution is 2.28. The van der Waals surface area contributed by atoms with Gasteiger partial charge < -0.3 is 10.4 Å². The lowest BCUT2D eigenvalue weighted by Crippen LogP contribution is -2.37. The van der Waals surface area contributed by atoms with Gasteiger partial charge in [0.15, 0.2) is 0 Å². The van der Waals surface area contributed by atoms with E-state index in [2.05, 4.69) is 41.8 Å². The minimum atomic E-state index is -0.885. The van der Waals surface area contributed by atoms with Crippen LogP contribution in [0.15, 0.2) is 78.9 Å². The smallest absolute Gasteiger partial charge is 0.335 e. The lowest BCUT2D eigenvalue weighted by atomic mass is 9.85. The molecule has 3 rings (SSSR count). The van der Waals surface area contributed by atoms with Gasteiger partial charge in [-0.2, -0.15) is 0 Å². The maximum atomic E-state index is 10.9. The molecule has 3 nitrogen and oxygen atoms in total. The summed E-state index contributed by atoms with van der Waals surface area (Å²) in [6.07, 6.45) is 11.3. The normalized spacial score (nSPS) is 19.2. The molecule has 0 aliphatic heterocycles. The number of carboxylic acids is 1. The third-order valence-electron chi connectivity index (χ3n) is 4.37. The van der Waals surface area contributed by atoms with Crippen molar-refractivity contribution in [3.8, 4) is 0 Å². The number of hydrogen-bond acceptors (Lipinski definition) is 2. The quantitative estimate of drug-likeness (QED) is 0.812. The van der Waals surface area contributed by atoms with Gasteiger partial charge in [0.05, 0.1) is 11.1 Å². The Morgan fingerprint density at radius 3 is 2.42 bits per heavy atom. The Hall–Kier alpha value is -2.81. The molecule has 0 saturated carbocycles. The van der Waals surface area contributed by atoms with E-state index < -0.39 is 5.97 Å². The van der Waals surface area contributed by atoms with Crippen LogP contribution in [0.2, 0.25) is 0 Å². The molecule has 0 spiro atoms. The molecule has 0 heterocycles. The van der Waals surface area contributed by atoms with Gasteiger partial charge in [0.2, 0.25) is 0 Å². The molecule has 0 radical (unpaired) electrons. The number of rotatable bonds is 6. The second-order valence-electron chi connectivity index (χ2n) is 6.14. The molecule has 0 aromatic heterocycles. The molecule has 1 aliphatic carbocycles. The Morgan fingerprint density at radius 1 is 1.04 bits per heavy atom. The molecule has 2 aromatic carbocycles. The number of carboxylic acid groups (broad SMARTS) is 1. The van der Waals surface area contributed by atoms with Crippen molar-refractivity contribution < 1.29 is 9.90 Å². The Morgan fingerprint density at radius 2 is 1.79 bits per heavy atom. The third kappa shape index (κ3) is 3.93. The monoisotopic (exact) mass is 319 g/mol. The number of carbonyl (C=O) groups is 1. The summed E-state index contributed by atoms with van der Waals surface area (Å²) in [6, 6.07) is 17.4. The number of nitrogens with one attached hydrogen (secondary N) is 1. The Balaban J connectivity index is 1.72. The molecule has 1 unspecified atom stereocenters. The van der Waals surface area contributed by atoms with E-state index in [9.17, 15) is 4.79 Å². The summed E-state index contributed by atoms with van der Waals surface area (Å²) in [4.78, 5) is 10.9. The molecule has 0 saturated heterocycles. The zero-order valence-corrected chi connectivity index (χ0v) is 13.5. The van der Waals surface area contributed by atoms with Gasteiger partial charge in [-0.1, -0.05) is 54.6 Å². The van der Waals surface area contributed by atoms with Crippen molar-refractivity contribution in [2.75, 3.05) is 5.32 Å². The number of anilines is 1. The van der Waals surface area contributed by atoms with Gasteiger partial charge in [0, 0.05) is 5.69 Å². The molecule has 0 amide bonds. The Labute approximate surface area is 142 Å². The average molecular weight is 319 g/mol. The highest BCUT2D eigenvalue weighted by molar-refractivity contribution is 5.87. The first-order valence-electron chi connectivity index (χ1n) is 8.17. The van der Waals surface area contributed by atoms with Crippen LogP contribution in [-0.4, -0.2) is 16.6 Å². The predicted molar refractivity (Wildman–Crippen MR) is 97.4 cm³/mol. The Kier molecular flexibility index (Phi) is 4.80. The van der Waals surface area contributed by atoms with E-state index >= 15 is 0 Å².